The average molecular weight is 420 g/mol. The maximum absolute atomic E-state index is 5.71. The second-order valence-corrected chi connectivity index (χ2v) is 7.73. The monoisotopic (exact) mass is 419 g/mol. The third kappa shape index (κ3) is 7.94. The van der Waals surface area contributed by atoms with Gasteiger partial charge in [-0.3, -0.25) is 5.43 Å². The molecule has 2 aromatic rings. The van der Waals surface area contributed by atoms with Crippen molar-refractivity contribution >= 4 is 28.5 Å². The summed E-state index contributed by atoms with van der Waals surface area (Å²) in [5.41, 5.74) is 3.05. The molecule has 0 atom stereocenters. The number of hydrogen-bond acceptors (Lipinski definition) is 9. The number of anilines is 2. The molecule has 0 aliphatic carbocycles. The van der Waals surface area contributed by atoms with Gasteiger partial charge in [0, 0.05) is 24.5 Å². The summed E-state index contributed by atoms with van der Waals surface area (Å²) in [4.78, 5) is 17.0. The summed E-state index contributed by atoms with van der Waals surface area (Å²) in [5, 5.41) is 8.35. The van der Waals surface area contributed by atoms with Crippen LogP contribution in [0.25, 0.3) is 0 Å². The molecule has 0 fully saturated rings. The molecule has 29 heavy (non-hydrogen) atoms. The minimum atomic E-state index is 0.327. The number of aryl methyl sites for hydroxylation is 1. The fraction of sp³-hybridized carbons (Fsp3) is 0.600. The van der Waals surface area contributed by atoms with Crippen LogP contribution in [0, 0.1) is 0 Å². The van der Waals surface area contributed by atoms with Gasteiger partial charge in [0.2, 0.25) is 5.95 Å². The zero-order valence-corrected chi connectivity index (χ0v) is 18.8. The van der Waals surface area contributed by atoms with Crippen LogP contribution in [0.4, 0.5) is 10.9 Å². The Morgan fingerprint density at radius 3 is 2.69 bits per heavy atom. The second kappa shape index (κ2) is 13.1. The van der Waals surface area contributed by atoms with Crippen molar-refractivity contribution in [3.05, 3.63) is 22.8 Å². The number of ether oxygens (including phenoxy) is 1. The van der Waals surface area contributed by atoms with E-state index in [1.54, 1.807) is 17.6 Å². The van der Waals surface area contributed by atoms with Crippen LogP contribution in [-0.4, -0.2) is 54.5 Å². The molecule has 0 saturated heterocycles. The number of hydrogen-bond donors (Lipinski definition) is 2. The lowest BCUT2D eigenvalue weighted by molar-refractivity contribution is 0.292. The van der Waals surface area contributed by atoms with E-state index in [9.17, 15) is 0 Å². The number of hydrazone groups is 1. The Morgan fingerprint density at radius 1 is 1.14 bits per heavy atom. The van der Waals surface area contributed by atoms with Gasteiger partial charge >= 0.3 is 6.01 Å². The van der Waals surface area contributed by atoms with Crippen LogP contribution in [0.15, 0.2) is 17.2 Å². The molecular formula is C20H33N7OS. The van der Waals surface area contributed by atoms with Crippen LogP contribution in [0.1, 0.15) is 50.7 Å². The van der Waals surface area contributed by atoms with Gasteiger partial charge in [-0.05, 0) is 38.4 Å². The molecular weight excluding hydrogens is 386 g/mol. The molecule has 2 rings (SSSR count). The molecule has 0 aromatic carbocycles. The van der Waals surface area contributed by atoms with Crippen molar-refractivity contribution in [2.45, 2.75) is 46.5 Å². The summed E-state index contributed by atoms with van der Waals surface area (Å²) in [6.45, 7) is 9.49. The Morgan fingerprint density at radius 2 is 2.00 bits per heavy atom. The van der Waals surface area contributed by atoms with Crippen molar-refractivity contribution in [3.8, 4) is 6.01 Å². The highest BCUT2D eigenvalue weighted by Crippen LogP contribution is 2.22. The maximum atomic E-state index is 5.71. The van der Waals surface area contributed by atoms with Crippen LogP contribution in [0.3, 0.4) is 0 Å². The first kappa shape index (κ1) is 23.0. The molecule has 0 radical (unpaired) electrons. The van der Waals surface area contributed by atoms with Gasteiger partial charge in [-0.25, -0.2) is 0 Å². The van der Waals surface area contributed by atoms with Gasteiger partial charge in [0.1, 0.15) is 11.6 Å². The Balaban J connectivity index is 2.18. The number of unbranched alkanes of at least 4 members (excludes halogenated alkanes) is 1. The highest BCUT2D eigenvalue weighted by atomic mass is 32.1. The van der Waals surface area contributed by atoms with E-state index >= 15 is 0 Å². The number of nitrogens with one attached hydrogen (secondary N) is 2. The van der Waals surface area contributed by atoms with Gasteiger partial charge in [-0.15, -0.1) is 11.3 Å². The van der Waals surface area contributed by atoms with E-state index in [4.69, 9.17) is 4.74 Å². The first-order valence-electron chi connectivity index (χ1n) is 10.4. The lowest BCUT2D eigenvalue weighted by Crippen LogP contribution is -2.28. The van der Waals surface area contributed by atoms with E-state index in [1.165, 1.54) is 4.88 Å². The van der Waals surface area contributed by atoms with E-state index in [1.807, 2.05) is 13.1 Å². The third-order valence-electron chi connectivity index (χ3n) is 4.13. The van der Waals surface area contributed by atoms with Crippen molar-refractivity contribution in [1.82, 2.24) is 20.3 Å². The van der Waals surface area contributed by atoms with Gasteiger partial charge in [0.25, 0.3) is 0 Å². The van der Waals surface area contributed by atoms with Crippen LogP contribution in [0.5, 0.6) is 6.01 Å². The molecule has 9 heteroatoms. The topological polar surface area (TPSA) is 87.6 Å². The lowest BCUT2D eigenvalue weighted by Gasteiger charge is -2.22. The van der Waals surface area contributed by atoms with E-state index < -0.39 is 0 Å². The minimum Gasteiger partial charge on any atom is -0.462 e. The van der Waals surface area contributed by atoms with E-state index in [0.717, 1.165) is 50.3 Å². The zero-order valence-electron chi connectivity index (χ0n) is 17.9. The molecule has 0 aliphatic heterocycles. The summed E-state index contributed by atoms with van der Waals surface area (Å²) in [6, 6.07) is 4.46. The van der Waals surface area contributed by atoms with Gasteiger partial charge in [0.15, 0.2) is 5.82 Å². The number of likely N-dealkylation sites (N-methyl/N-ethyl adjacent to an activating group) is 1. The Bertz CT molecular complexity index is 750. The smallest absolute Gasteiger partial charge is 0.321 e. The largest absolute Gasteiger partial charge is 0.462 e. The molecule has 2 N–H and O–H groups in total. The van der Waals surface area contributed by atoms with Gasteiger partial charge in [0.05, 0.1) is 6.21 Å². The van der Waals surface area contributed by atoms with Crippen LogP contribution < -0.4 is 20.4 Å². The molecule has 8 nitrogen and oxygen atoms in total. The Kier molecular flexibility index (Phi) is 10.4. The summed E-state index contributed by atoms with van der Waals surface area (Å²) in [7, 11) is 1.88. The molecule has 0 saturated carbocycles. The first-order chi connectivity index (χ1) is 14.2. The second-order valence-electron chi connectivity index (χ2n) is 6.56. The van der Waals surface area contributed by atoms with Gasteiger partial charge < -0.3 is 15.0 Å². The third-order valence-corrected chi connectivity index (χ3v) is 5.26. The van der Waals surface area contributed by atoms with Gasteiger partial charge in [-0.2, -0.15) is 20.1 Å². The SMILES string of the molecule is CCCCN(CCC)c1nc(/C=N/Nc2ccc(CC)s2)nc(OCCNC)n1. The van der Waals surface area contributed by atoms with Crippen LogP contribution in [-0.2, 0) is 6.42 Å². The Hall–Kier alpha value is -2.26. The first-order valence-corrected chi connectivity index (χ1v) is 11.2. The predicted octanol–water partition coefficient (Wildman–Crippen LogP) is 3.56. The molecule has 0 bridgehead atoms. The van der Waals surface area contributed by atoms with E-state index in [-0.39, 0.29) is 0 Å². The highest BCUT2D eigenvalue weighted by Gasteiger charge is 2.13. The average Bonchev–Trinajstić information content (AvgIpc) is 3.19. The highest BCUT2D eigenvalue weighted by molar-refractivity contribution is 7.16. The number of rotatable bonds is 14. The van der Waals surface area contributed by atoms with Crippen molar-refractivity contribution in [3.63, 3.8) is 0 Å². The molecule has 0 aliphatic rings. The fourth-order valence-corrected chi connectivity index (χ4v) is 3.38. The minimum absolute atomic E-state index is 0.327. The summed E-state index contributed by atoms with van der Waals surface area (Å²) >= 11 is 1.69. The Labute approximate surface area is 177 Å². The molecule has 2 heterocycles. The van der Waals surface area contributed by atoms with Crippen LogP contribution in [0.2, 0.25) is 0 Å². The standard InChI is InChI=1S/C20H33N7OS/c1-5-8-13-27(12-6-2)19-23-17(24-20(25-19)28-14-11-21-4)15-22-26-18-10-9-16(7-3)29-18/h9-10,15,21,26H,5-8,11-14H2,1-4H3/b22-15+. The van der Waals surface area contributed by atoms with E-state index in [0.29, 0.717) is 24.4 Å². The molecule has 2 aromatic heterocycles. The van der Waals surface area contributed by atoms with Crippen molar-refractivity contribution < 1.29 is 4.74 Å². The van der Waals surface area contributed by atoms with Crippen molar-refractivity contribution in [2.75, 3.05) is 43.6 Å². The molecule has 0 unspecified atom stereocenters. The quantitative estimate of drug-likeness (QED) is 0.275. The number of nitrogens with zero attached hydrogens (tertiary/aromatic N) is 5. The van der Waals surface area contributed by atoms with E-state index in [2.05, 4.69) is 62.5 Å². The van der Waals surface area contributed by atoms with Crippen molar-refractivity contribution in [1.29, 1.82) is 0 Å². The number of thiophene rings is 1. The normalized spacial score (nSPS) is 11.2. The molecule has 0 spiro atoms. The maximum Gasteiger partial charge on any atom is 0.321 e. The lowest BCUT2D eigenvalue weighted by atomic mass is 10.3. The van der Waals surface area contributed by atoms with Crippen molar-refractivity contribution in [2.24, 2.45) is 5.10 Å². The summed E-state index contributed by atoms with van der Waals surface area (Å²) in [5.74, 6) is 1.12. The summed E-state index contributed by atoms with van der Waals surface area (Å²) < 4.78 is 5.71. The zero-order chi connectivity index (χ0) is 20.9. The summed E-state index contributed by atoms with van der Waals surface area (Å²) in [6.07, 6.45) is 5.87. The van der Waals surface area contributed by atoms with Gasteiger partial charge in [-0.1, -0.05) is 27.2 Å². The molecule has 160 valence electrons. The fourth-order valence-electron chi connectivity index (χ4n) is 2.58. The predicted molar refractivity (Wildman–Crippen MR) is 122 cm³/mol. The molecule has 0 amide bonds. The number of aromatic nitrogens is 3. The van der Waals surface area contributed by atoms with Crippen LogP contribution >= 0.6 is 11.3 Å².